The molecule has 0 aliphatic heterocycles. The van der Waals surface area contributed by atoms with Gasteiger partial charge in [0.15, 0.2) is 0 Å². The average Bonchev–Trinajstić information content (AvgIpc) is 2.49. The molecule has 1 fully saturated rings. The van der Waals surface area contributed by atoms with Crippen LogP contribution >= 0.6 is 0 Å². The number of hydrogen-bond donors (Lipinski definition) is 1. The predicted octanol–water partition coefficient (Wildman–Crippen LogP) is 3.39. The van der Waals surface area contributed by atoms with Gasteiger partial charge < -0.3 is 5.11 Å². The number of rotatable bonds is 4. The first-order valence-corrected chi connectivity index (χ1v) is 5.85. The molecule has 3 atom stereocenters. The van der Waals surface area contributed by atoms with E-state index in [0.29, 0.717) is 17.8 Å². The maximum Gasteiger partial charge on any atom is 0.0853 e. The van der Waals surface area contributed by atoms with Crippen molar-refractivity contribution in [2.45, 2.75) is 52.1 Å². The average molecular weight is 196 g/mol. The Balaban J connectivity index is 2.56. The molecule has 0 saturated heterocycles. The minimum absolute atomic E-state index is 0.442. The molecule has 0 aromatic rings. The van der Waals surface area contributed by atoms with Crippen LogP contribution in [0.3, 0.4) is 0 Å². The van der Waals surface area contributed by atoms with E-state index in [1.165, 1.54) is 6.42 Å². The molecule has 14 heavy (non-hydrogen) atoms. The van der Waals surface area contributed by atoms with E-state index >= 15 is 0 Å². The van der Waals surface area contributed by atoms with E-state index in [1.807, 2.05) is 0 Å². The van der Waals surface area contributed by atoms with Gasteiger partial charge in [0.1, 0.15) is 0 Å². The van der Waals surface area contributed by atoms with Gasteiger partial charge in [-0.3, -0.25) is 0 Å². The van der Waals surface area contributed by atoms with Gasteiger partial charge in [0.25, 0.3) is 0 Å². The van der Waals surface area contributed by atoms with E-state index in [4.69, 9.17) is 0 Å². The smallest absolute Gasteiger partial charge is 0.0853 e. The lowest BCUT2D eigenvalue weighted by molar-refractivity contribution is 0.0382. The highest BCUT2D eigenvalue weighted by Gasteiger charge is 2.38. The summed E-state index contributed by atoms with van der Waals surface area (Å²) >= 11 is 0. The second kappa shape index (κ2) is 4.48. The zero-order chi connectivity index (χ0) is 10.8. The molecule has 1 rings (SSSR count). The van der Waals surface area contributed by atoms with Crippen molar-refractivity contribution >= 4 is 0 Å². The second-order valence-electron chi connectivity index (χ2n) is 5.24. The maximum absolute atomic E-state index is 10.3. The van der Waals surface area contributed by atoms with Crippen LogP contribution in [0.25, 0.3) is 0 Å². The Kier molecular flexibility index (Phi) is 3.77. The van der Waals surface area contributed by atoms with Crippen LogP contribution in [0, 0.1) is 17.8 Å². The zero-order valence-electron chi connectivity index (χ0n) is 9.79. The summed E-state index contributed by atoms with van der Waals surface area (Å²) in [6, 6.07) is 0. The van der Waals surface area contributed by atoms with Crippen molar-refractivity contribution in [2.24, 2.45) is 17.8 Å². The van der Waals surface area contributed by atoms with Crippen molar-refractivity contribution in [1.29, 1.82) is 0 Å². The minimum atomic E-state index is -0.566. The Morgan fingerprint density at radius 1 is 1.50 bits per heavy atom. The van der Waals surface area contributed by atoms with Gasteiger partial charge in [-0.1, -0.05) is 26.8 Å². The fraction of sp³-hybridized carbons (Fsp3) is 0.846. The highest BCUT2D eigenvalue weighted by Crippen LogP contribution is 2.41. The molecule has 0 bridgehead atoms. The molecule has 0 spiro atoms. The summed E-state index contributed by atoms with van der Waals surface area (Å²) in [5.74, 6) is 1.85. The largest absolute Gasteiger partial charge is 0.386 e. The summed E-state index contributed by atoms with van der Waals surface area (Å²) in [6.45, 7) is 10.6. The molecule has 0 radical (unpaired) electrons. The van der Waals surface area contributed by atoms with E-state index in [0.717, 1.165) is 19.3 Å². The van der Waals surface area contributed by atoms with Crippen LogP contribution < -0.4 is 0 Å². The Morgan fingerprint density at radius 2 is 2.14 bits per heavy atom. The van der Waals surface area contributed by atoms with Gasteiger partial charge in [-0.05, 0) is 43.4 Å². The summed E-state index contributed by atoms with van der Waals surface area (Å²) in [5.41, 5.74) is -0.566. The van der Waals surface area contributed by atoms with E-state index in [9.17, 15) is 5.11 Å². The molecular formula is C13H24O. The summed E-state index contributed by atoms with van der Waals surface area (Å²) in [5, 5.41) is 10.3. The van der Waals surface area contributed by atoms with Crippen LogP contribution in [0.4, 0.5) is 0 Å². The van der Waals surface area contributed by atoms with Gasteiger partial charge in [0, 0.05) is 0 Å². The minimum Gasteiger partial charge on any atom is -0.386 e. The summed E-state index contributed by atoms with van der Waals surface area (Å²) in [7, 11) is 0. The first-order valence-electron chi connectivity index (χ1n) is 5.85. The van der Waals surface area contributed by atoms with Crippen molar-refractivity contribution in [3.05, 3.63) is 12.7 Å². The van der Waals surface area contributed by atoms with Crippen molar-refractivity contribution in [3.8, 4) is 0 Å². The highest BCUT2D eigenvalue weighted by molar-refractivity contribution is 5.04. The third-order valence-corrected chi connectivity index (χ3v) is 3.98. The summed E-state index contributed by atoms with van der Waals surface area (Å²) < 4.78 is 0. The molecule has 0 heterocycles. The molecule has 1 N–H and O–H groups in total. The second-order valence-corrected chi connectivity index (χ2v) is 5.24. The van der Waals surface area contributed by atoms with Crippen LogP contribution in [-0.2, 0) is 0 Å². The van der Waals surface area contributed by atoms with Gasteiger partial charge >= 0.3 is 0 Å². The first-order chi connectivity index (χ1) is 6.49. The molecule has 3 unspecified atom stereocenters. The molecular weight excluding hydrogens is 172 g/mol. The van der Waals surface area contributed by atoms with Crippen LogP contribution in [0.5, 0.6) is 0 Å². The number of aliphatic hydroxyl groups is 1. The molecule has 1 saturated carbocycles. The van der Waals surface area contributed by atoms with Gasteiger partial charge in [0.2, 0.25) is 0 Å². The highest BCUT2D eigenvalue weighted by atomic mass is 16.3. The molecule has 0 amide bonds. The van der Waals surface area contributed by atoms with Gasteiger partial charge in [-0.2, -0.15) is 0 Å². The maximum atomic E-state index is 10.3. The van der Waals surface area contributed by atoms with Crippen molar-refractivity contribution in [3.63, 3.8) is 0 Å². The van der Waals surface area contributed by atoms with E-state index in [1.54, 1.807) is 6.08 Å². The van der Waals surface area contributed by atoms with Gasteiger partial charge in [-0.15, -0.1) is 6.58 Å². The third-order valence-electron chi connectivity index (χ3n) is 3.98. The fourth-order valence-electron chi connectivity index (χ4n) is 2.40. The molecule has 1 heteroatoms. The predicted molar refractivity (Wildman–Crippen MR) is 61.1 cm³/mol. The summed E-state index contributed by atoms with van der Waals surface area (Å²) in [4.78, 5) is 0. The molecule has 0 aromatic heterocycles. The normalized spacial score (nSPS) is 34.8. The monoisotopic (exact) mass is 196 g/mol. The lowest BCUT2D eigenvalue weighted by Gasteiger charge is -2.30. The molecule has 1 aliphatic rings. The van der Waals surface area contributed by atoms with Crippen LogP contribution in [0.2, 0.25) is 0 Å². The van der Waals surface area contributed by atoms with E-state index in [-0.39, 0.29) is 0 Å². The quantitative estimate of drug-likeness (QED) is 0.683. The molecule has 82 valence electrons. The lowest BCUT2D eigenvalue weighted by atomic mass is 9.80. The van der Waals surface area contributed by atoms with Crippen molar-refractivity contribution in [2.75, 3.05) is 0 Å². The molecule has 1 aliphatic carbocycles. The van der Waals surface area contributed by atoms with Crippen molar-refractivity contribution in [1.82, 2.24) is 0 Å². The SMILES string of the molecule is C=CC1(O)CCCC1CC(C)C(C)C. The fourth-order valence-corrected chi connectivity index (χ4v) is 2.40. The number of hydrogen-bond acceptors (Lipinski definition) is 1. The third kappa shape index (κ3) is 2.38. The Hall–Kier alpha value is -0.300. The van der Waals surface area contributed by atoms with Crippen molar-refractivity contribution < 1.29 is 5.11 Å². The Labute approximate surface area is 88.2 Å². The summed E-state index contributed by atoms with van der Waals surface area (Å²) in [6.07, 6.45) is 6.13. The Bertz CT molecular complexity index is 197. The van der Waals surface area contributed by atoms with Gasteiger partial charge in [-0.25, -0.2) is 0 Å². The van der Waals surface area contributed by atoms with E-state index in [2.05, 4.69) is 27.4 Å². The topological polar surface area (TPSA) is 20.2 Å². The van der Waals surface area contributed by atoms with Gasteiger partial charge in [0.05, 0.1) is 5.60 Å². The van der Waals surface area contributed by atoms with E-state index < -0.39 is 5.60 Å². The standard InChI is InChI=1S/C13H24O/c1-5-13(14)8-6-7-12(13)9-11(4)10(2)3/h5,10-12,14H,1,6-9H2,2-4H3. The van der Waals surface area contributed by atoms with Crippen LogP contribution in [0.1, 0.15) is 46.5 Å². The molecule has 1 nitrogen and oxygen atoms in total. The first kappa shape index (κ1) is 11.8. The Morgan fingerprint density at radius 3 is 2.64 bits per heavy atom. The molecule has 0 aromatic carbocycles. The lowest BCUT2D eigenvalue weighted by Crippen LogP contribution is -2.32. The zero-order valence-corrected chi connectivity index (χ0v) is 9.79. The van der Waals surface area contributed by atoms with Crippen LogP contribution in [-0.4, -0.2) is 10.7 Å². The van der Waals surface area contributed by atoms with Crippen LogP contribution in [0.15, 0.2) is 12.7 Å².